The SMILES string of the molecule is O=C(O)c1ccc(-c2ccc(F)cc2)cc1/C=C/c1ccc2c(c1)nnn2CCCC1CCCCC1. The van der Waals surface area contributed by atoms with Crippen molar-refractivity contribution in [3.8, 4) is 11.1 Å². The number of nitrogens with zero attached hydrogens (tertiary/aromatic N) is 3. The molecule has 0 atom stereocenters. The zero-order valence-corrected chi connectivity index (χ0v) is 20.2. The van der Waals surface area contributed by atoms with Crippen molar-refractivity contribution in [2.45, 2.75) is 51.5 Å². The van der Waals surface area contributed by atoms with Gasteiger partial charge in [-0.05, 0) is 77.4 Å². The van der Waals surface area contributed by atoms with Gasteiger partial charge in [0.15, 0.2) is 0 Å². The zero-order chi connectivity index (χ0) is 24.9. The number of halogens is 1. The first-order chi connectivity index (χ1) is 17.6. The first-order valence-corrected chi connectivity index (χ1v) is 12.7. The summed E-state index contributed by atoms with van der Waals surface area (Å²) in [6.07, 6.45) is 12.9. The minimum Gasteiger partial charge on any atom is -0.478 e. The predicted molar refractivity (Wildman–Crippen MR) is 141 cm³/mol. The molecule has 6 heteroatoms. The lowest BCUT2D eigenvalue weighted by molar-refractivity contribution is 0.0696. The molecule has 0 bridgehead atoms. The van der Waals surface area contributed by atoms with Crippen molar-refractivity contribution >= 4 is 29.2 Å². The van der Waals surface area contributed by atoms with Crippen LogP contribution in [-0.2, 0) is 6.54 Å². The Hall–Kier alpha value is -3.80. The van der Waals surface area contributed by atoms with Crippen LogP contribution in [0.4, 0.5) is 4.39 Å². The second-order valence-corrected chi connectivity index (χ2v) is 9.65. The third-order valence-corrected chi connectivity index (χ3v) is 7.16. The van der Waals surface area contributed by atoms with Crippen molar-refractivity contribution in [1.29, 1.82) is 0 Å². The Kier molecular flexibility index (Phi) is 7.21. The van der Waals surface area contributed by atoms with Crippen LogP contribution in [0.2, 0.25) is 0 Å². The van der Waals surface area contributed by atoms with Crippen LogP contribution in [0.5, 0.6) is 0 Å². The molecule has 1 aromatic heterocycles. The summed E-state index contributed by atoms with van der Waals surface area (Å²) in [4.78, 5) is 11.8. The molecule has 184 valence electrons. The average molecular weight is 484 g/mol. The van der Waals surface area contributed by atoms with Gasteiger partial charge >= 0.3 is 5.97 Å². The lowest BCUT2D eigenvalue weighted by Gasteiger charge is -2.21. The van der Waals surface area contributed by atoms with Crippen LogP contribution in [0.3, 0.4) is 0 Å². The predicted octanol–water partition coefficient (Wildman–Crippen LogP) is 7.47. The molecule has 1 saturated carbocycles. The van der Waals surface area contributed by atoms with Crippen LogP contribution in [0, 0.1) is 11.7 Å². The molecule has 1 heterocycles. The van der Waals surface area contributed by atoms with E-state index in [0.717, 1.165) is 46.6 Å². The molecule has 5 rings (SSSR count). The molecule has 1 aliphatic rings. The van der Waals surface area contributed by atoms with Gasteiger partial charge in [0.1, 0.15) is 11.3 Å². The number of aromatic nitrogens is 3. The largest absolute Gasteiger partial charge is 0.478 e. The van der Waals surface area contributed by atoms with Crippen molar-refractivity contribution in [3.05, 3.63) is 83.2 Å². The molecule has 3 aromatic carbocycles. The summed E-state index contributed by atoms with van der Waals surface area (Å²) in [7, 11) is 0. The molecule has 1 N–H and O–H groups in total. The van der Waals surface area contributed by atoms with Crippen molar-refractivity contribution in [2.75, 3.05) is 0 Å². The molecule has 0 aliphatic heterocycles. The van der Waals surface area contributed by atoms with Gasteiger partial charge in [0.05, 0.1) is 11.1 Å². The van der Waals surface area contributed by atoms with E-state index in [0.29, 0.717) is 5.56 Å². The summed E-state index contributed by atoms with van der Waals surface area (Å²) in [5, 5.41) is 18.4. The summed E-state index contributed by atoms with van der Waals surface area (Å²) in [5.74, 6) is -0.438. The lowest BCUT2D eigenvalue weighted by atomic mass is 9.86. The smallest absolute Gasteiger partial charge is 0.336 e. The summed E-state index contributed by atoms with van der Waals surface area (Å²) in [5.41, 5.74) is 5.20. The first kappa shape index (κ1) is 23.9. The Bertz CT molecular complexity index is 1390. The molecular weight excluding hydrogens is 453 g/mol. The van der Waals surface area contributed by atoms with Gasteiger partial charge in [-0.3, -0.25) is 0 Å². The van der Waals surface area contributed by atoms with Crippen molar-refractivity contribution in [2.24, 2.45) is 5.92 Å². The number of carboxylic acid groups (broad SMARTS) is 1. The van der Waals surface area contributed by atoms with Crippen molar-refractivity contribution in [1.82, 2.24) is 15.0 Å². The highest BCUT2D eigenvalue weighted by Gasteiger charge is 2.14. The number of fused-ring (bicyclic) bond motifs is 1. The van der Waals surface area contributed by atoms with E-state index in [-0.39, 0.29) is 11.4 Å². The molecule has 36 heavy (non-hydrogen) atoms. The number of rotatable bonds is 8. The topological polar surface area (TPSA) is 68.0 Å². The normalized spacial score (nSPS) is 14.6. The maximum Gasteiger partial charge on any atom is 0.336 e. The molecule has 0 spiro atoms. The Balaban J connectivity index is 1.32. The highest BCUT2D eigenvalue weighted by molar-refractivity contribution is 5.95. The minimum atomic E-state index is -0.994. The van der Waals surface area contributed by atoms with Gasteiger partial charge in [-0.1, -0.05) is 73.7 Å². The number of hydrogen-bond acceptors (Lipinski definition) is 3. The molecule has 0 radical (unpaired) electrons. The summed E-state index contributed by atoms with van der Waals surface area (Å²) >= 11 is 0. The highest BCUT2D eigenvalue weighted by Crippen LogP contribution is 2.28. The molecule has 1 aliphatic carbocycles. The zero-order valence-electron chi connectivity index (χ0n) is 20.2. The average Bonchev–Trinajstić information content (AvgIpc) is 3.30. The fourth-order valence-electron chi connectivity index (χ4n) is 5.17. The monoisotopic (exact) mass is 483 g/mol. The van der Waals surface area contributed by atoms with Crippen molar-refractivity contribution < 1.29 is 14.3 Å². The van der Waals surface area contributed by atoms with Crippen LogP contribution >= 0.6 is 0 Å². The van der Waals surface area contributed by atoms with Crippen LogP contribution in [0.1, 0.15) is 66.4 Å². The van der Waals surface area contributed by atoms with Crippen molar-refractivity contribution in [3.63, 3.8) is 0 Å². The third kappa shape index (κ3) is 5.54. The van der Waals surface area contributed by atoms with Crippen LogP contribution in [0.15, 0.2) is 60.7 Å². The fraction of sp³-hybridized carbons (Fsp3) is 0.300. The number of aryl methyl sites for hydroxylation is 1. The van der Waals surface area contributed by atoms with E-state index in [4.69, 9.17) is 0 Å². The van der Waals surface area contributed by atoms with Gasteiger partial charge in [0, 0.05) is 6.54 Å². The Morgan fingerprint density at radius 2 is 1.75 bits per heavy atom. The number of carboxylic acids is 1. The van der Waals surface area contributed by atoms with Gasteiger partial charge in [-0.15, -0.1) is 5.10 Å². The van der Waals surface area contributed by atoms with E-state index in [1.54, 1.807) is 30.3 Å². The van der Waals surface area contributed by atoms with Crippen LogP contribution < -0.4 is 0 Å². The van der Waals surface area contributed by atoms with Gasteiger partial charge in [-0.2, -0.15) is 0 Å². The number of carbonyl (C=O) groups is 1. The summed E-state index contributed by atoms with van der Waals surface area (Å²) in [6.45, 7) is 0.875. The first-order valence-electron chi connectivity index (χ1n) is 12.7. The molecule has 1 fully saturated rings. The fourth-order valence-corrected chi connectivity index (χ4v) is 5.17. The molecular formula is C30H30FN3O2. The summed E-state index contributed by atoms with van der Waals surface area (Å²) in [6, 6.07) is 17.3. The van der Waals surface area contributed by atoms with E-state index >= 15 is 0 Å². The second-order valence-electron chi connectivity index (χ2n) is 9.65. The van der Waals surface area contributed by atoms with Gasteiger partial charge in [0.2, 0.25) is 0 Å². The molecule has 0 saturated heterocycles. The lowest BCUT2D eigenvalue weighted by Crippen LogP contribution is -2.08. The van der Waals surface area contributed by atoms with Crippen LogP contribution in [-0.4, -0.2) is 26.1 Å². The van der Waals surface area contributed by atoms with E-state index in [9.17, 15) is 14.3 Å². The maximum absolute atomic E-state index is 13.3. The quantitative estimate of drug-likeness (QED) is 0.264. The number of aromatic carboxylic acids is 1. The number of benzene rings is 3. The maximum atomic E-state index is 13.3. The van der Waals surface area contributed by atoms with Gasteiger partial charge < -0.3 is 5.11 Å². The van der Waals surface area contributed by atoms with Crippen LogP contribution in [0.25, 0.3) is 34.3 Å². The highest BCUT2D eigenvalue weighted by atomic mass is 19.1. The Labute approximate surface area is 210 Å². The minimum absolute atomic E-state index is 0.210. The van der Waals surface area contributed by atoms with E-state index in [1.807, 2.05) is 35.0 Å². The molecule has 5 nitrogen and oxygen atoms in total. The molecule has 0 amide bonds. The van der Waals surface area contributed by atoms with Gasteiger partial charge in [0.25, 0.3) is 0 Å². The number of hydrogen-bond donors (Lipinski definition) is 1. The van der Waals surface area contributed by atoms with Gasteiger partial charge in [-0.25, -0.2) is 13.9 Å². The van der Waals surface area contributed by atoms with E-state index in [1.165, 1.54) is 50.7 Å². The summed E-state index contributed by atoms with van der Waals surface area (Å²) < 4.78 is 15.3. The Morgan fingerprint density at radius 1 is 0.972 bits per heavy atom. The second kappa shape index (κ2) is 10.9. The van der Waals surface area contributed by atoms with E-state index in [2.05, 4.69) is 10.3 Å². The third-order valence-electron chi connectivity index (χ3n) is 7.16. The molecule has 4 aromatic rings. The Morgan fingerprint density at radius 3 is 2.53 bits per heavy atom. The van der Waals surface area contributed by atoms with E-state index < -0.39 is 5.97 Å². The standard InChI is InChI=1S/C30H30FN3O2/c31-26-14-11-23(12-15-26)24-13-16-27(30(35)36)25(20-24)10-8-22-9-17-29-28(19-22)32-33-34(29)18-4-7-21-5-2-1-3-6-21/h8-17,19-21H,1-7,18H2,(H,35,36)/b10-8+. The molecule has 0 unspecified atom stereocenters.